The molecule has 1 aliphatic rings. The van der Waals surface area contributed by atoms with E-state index < -0.39 is 0 Å². The van der Waals surface area contributed by atoms with Gasteiger partial charge in [-0.25, -0.2) is 0 Å². The second-order valence-electron chi connectivity index (χ2n) is 4.15. The van der Waals surface area contributed by atoms with Crippen molar-refractivity contribution in [3.05, 3.63) is 0 Å². The van der Waals surface area contributed by atoms with Gasteiger partial charge in [0.1, 0.15) is 6.04 Å². The summed E-state index contributed by atoms with van der Waals surface area (Å²) in [6.45, 7) is 5.89. The summed E-state index contributed by atoms with van der Waals surface area (Å²) in [5.74, 6) is 0. The van der Waals surface area contributed by atoms with E-state index >= 15 is 0 Å². The molecule has 0 saturated carbocycles. The number of ether oxygens (including phenoxy) is 1. The number of nitrogens with zero attached hydrogens (tertiary/aromatic N) is 1. The molecule has 12 heavy (non-hydrogen) atoms. The van der Waals surface area contributed by atoms with Crippen LogP contribution in [0.3, 0.4) is 0 Å². The largest absolute Gasteiger partial charge is 0.379 e. The fourth-order valence-electron chi connectivity index (χ4n) is 2.35. The zero-order valence-corrected chi connectivity index (χ0v) is 8.68. The van der Waals surface area contributed by atoms with Crippen LogP contribution in [0.5, 0.6) is 0 Å². The Morgan fingerprint density at radius 3 is 2.33 bits per heavy atom. The standard InChI is InChI=1S/C10H22NO/c1-4-10(9-12-3)11(2)7-5-6-8-11/h10H,4-9H2,1-3H3/q+1/t10-/m0/s1. The normalized spacial score (nSPS) is 24.2. The third kappa shape index (κ3) is 1.99. The van der Waals surface area contributed by atoms with E-state index in [1.807, 2.05) is 7.11 Å². The van der Waals surface area contributed by atoms with Gasteiger partial charge in [-0.2, -0.15) is 0 Å². The van der Waals surface area contributed by atoms with Gasteiger partial charge in [0.15, 0.2) is 0 Å². The average molecular weight is 172 g/mol. The van der Waals surface area contributed by atoms with Crippen molar-refractivity contribution < 1.29 is 9.22 Å². The fraction of sp³-hybridized carbons (Fsp3) is 1.00. The highest BCUT2D eigenvalue weighted by atomic mass is 16.5. The summed E-state index contributed by atoms with van der Waals surface area (Å²) in [6, 6.07) is 0.720. The molecule has 0 aromatic heterocycles. The molecule has 1 saturated heterocycles. The van der Waals surface area contributed by atoms with Crippen molar-refractivity contribution in [1.82, 2.24) is 0 Å². The smallest absolute Gasteiger partial charge is 0.112 e. The summed E-state index contributed by atoms with van der Waals surface area (Å²) < 4.78 is 6.50. The maximum atomic E-state index is 5.26. The van der Waals surface area contributed by atoms with E-state index in [-0.39, 0.29) is 0 Å². The highest BCUT2D eigenvalue weighted by Crippen LogP contribution is 2.22. The van der Waals surface area contributed by atoms with Crippen LogP contribution >= 0.6 is 0 Å². The van der Waals surface area contributed by atoms with Crippen LogP contribution in [0, 0.1) is 0 Å². The first-order valence-corrected chi connectivity index (χ1v) is 5.06. The third-order valence-electron chi connectivity index (χ3n) is 3.30. The minimum absolute atomic E-state index is 0.720. The maximum Gasteiger partial charge on any atom is 0.112 e. The molecule has 72 valence electrons. The molecule has 2 nitrogen and oxygen atoms in total. The average Bonchev–Trinajstić information content (AvgIpc) is 2.49. The molecule has 1 fully saturated rings. The number of rotatable bonds is 4. The number of likely N-dealkylation sites (N-methyl/N-ethyl adjacent to an activating group) is 1. The molecular weight excluding hydrogens is 150 g/mol. The van der Waals surface area contributed by atoms with Crippen molar-refractivity contribution in [2.45, 2.75) is 32.2 Å². The summed E-state index contributed by atoms with van der Waals surface area (Å²) in [7, 11) is 4.19. The molecule has 0 bridgehead atoms. The molecule has 1 rings (SSSR count). The second kappa shape index (κ2) is 4.24. The van der Waals surface area contributed by atoms with Crippen molar-refractivity contribution in [3.8, 4) is 0 Å². The van der Waals surface area contributed by atoms with Crippen molar-refractivity contribution in [1.29, 1.82) is 0 Å². The molecule has 0 aromatic rings. The Morgan fingerprint density at radius 1 is 1.33 bits per heavy atom. The van der Waals surface area contributed by atoms with Crippen LogP contribution in [0.4, 0.5) is 0 Å². The van der Waals surface area contributed by atoms with Gasteiger partial charge in [-0.05, 0) is 6.42 Å². The van der Waals surface area contributed by atoms with Crippen molar-refractivity contribution in [2.75, 3.05) is 33.9 Å². The number of hydrogen-bond donors (Lipinski definition) is 0. The first-order chi connectivity index (χ1) is 5.73. The summed E-state index contributed by atoms with van der Waals surface area (Å²) in [5.41, 5.74) is 0. The zero-order chi connectivity index (χ0) is 9.03. The number of hydrogen-bond acceptors (Lipinski definition) is 1. The van der Waals surface area contributed by atoms with Gasteiger partial charge in [0.25, 0.3) is 0 Å². The molecule has 1 atom stereocenters. The van der Waals surface area contributed by atoms with Crippen LogP contribution in [0.25, 0.3) is 0 Å². The number of quaternary nitrogens is 1. The summed E-state index contributed by atoms with van der Waals surface area (Å²) >= 11 is 0. The Morgan fingerprint density at radius 2 is 1.92 bits per heavy atom. The highest BCUT2D eigenvalue weighted by Gasteiger charge is 2.34. The van der Waals surface area contributed by atoms with Gasteiger partial charge in [0.05, 0.1) is 26.7 Å². The lowest BCUT2D eigenvalue weighted by atomic mass is 10.2. The summed E-state index contributed by atoms with van der Waals surface area (Å²) in [6.07, 6.45) is 4.04. The van der Waals surface area contributed by atoms with Crippen LogP contribution in [0.15, 0.2) is 0 Å². The topological polar surface area (TPSA) is 9.23 Å². The Hall–Kier alpha value is -0.0800. The lowest BCUT2D eigenvalue weighted by molar-refractivity contribution is -0.922. The molecule has 0 aliphatic carbocycles. The van der Waals surface area contributed by atoms with E-state index in [9.17, 15) is 0 Å². The number of likely N-dealkylation sites (tertiary alicyclic amines) is 1. The third-order valence-corrected chi connectivity index (χ3v) is 3.30. The van der Waals surface area contributed by atoms with E-state index in [2.05, 4.69) is 14.0 Å². The van der Waals surface area contributed by atoms with Crippen LogP contribution in [0.1, 0.15) is 26.2 Å². The molecule has 1 aliphatic heterocycles. The summed E-state index contributed by atoms with van der Waals surface area (Å²) in [5, 5.41) is 0. The maximum absolute atomic E-state index is 5.26. The van der Waals surface area contributed by atoms with E-state index in [1.165, 1.54) is 36.8 Å². The SMILES string of the molecule is CC[C@@H](COC)[N+]1(C)CCCC1. The zero-order valence-electron chi connectivity index (χ0n) is 8.68. The lowest BCUT2D eigenvalue weighted by Crippen LogP contribution is -2.51. The molecule has 2 heteroatoms. The quantitative estimate of drug-likeness (QED) is 0.586. The van der Waals surface area contributed by atoms with Crippen LogP contribution in [-0.2, 0) is 4.74 Å². The molecule has 0 unspecified atom stereocenters. The number of methoxy groups -OCH3 is 1. The van der Waals surface area contributed by atoms with E-state index in [1.54, 1.807) is 0 Å². The first-order valence-electron chi connectivity index (χ1n) is 5.06. The molecular formula is C10H22NO+. The van der Waals surface area contributed by atoms with Gasteiger partial charge in [-0.1, -0.05) is 6.92 Å². The molecule has 0 spiro atoms. The van der Waals surface area contributed by atoms with Gasteiger partial charge in [0.2, 0.25) is 0 Å². The van der Waals surface area contributed by atoms with Gasteiger partial charge in [-0.3, -0.25) is 0 Å². The Kier molecular flexibility index (Phi) is 3.53. The first kappa shape index (κ1) is 10.0. The summed E-state index contributed by atoms with van der Waals surface area (Å²) in [4.78, 5) is 0. The fourth-order valence-corrected chi connectivity index (χ4v) is 2.35. The van der Waals surface area contributed by atoms with E-state index in [0.29, 0.717) is 0 Å². The molecule has 0 amide bonds. The minimum atomic E-state index is 0.720. The monoisotopic (exact) mass is 172 g/mol. The van der Waals surface area contributed by atoms with Crippen LogP contribution < -0.4 is 0 Å². The van der Waals surface area contributed by atoms with Gasteiger partial charge >= 0.3 is 0 Å². The van der Waals surface area contributed by atoms with Crippen LogP contribution in [-0.4, -0.2) is 44.4 Å². The predicted octanol–water partition coefficient (Wildman–Crippen LogP) is 1.65. The van der Waals surface area contributed by atoms with Crippen LogP contribution in [0.2, 0.25) is 0 Å². The Bertz CT molecular complexity index is 130. The van der Waals surface area contributed by atoms with Gasteiger partial charge in [-0.15, -0.1) is 0 Å². The molecule has 1 heterocycles. The van der Waals surface area contributed by atoms with Gasteiger partial charge < -0.3 is 9.22 Å². The molecule has 0 radical (unpaired) electrons. The van der Waals surface area contributed by atoms with E-state index in [4.69, 9.17) is 4.74 Å². The molecule has 0 N–H and O–H groups in total. The highest BCUT2D eigenvalue weighted by molar-refractivity contribution is 4.61. The molecule has 0 aromatic carbocycles. The predicted molar refractivity (Wildman–Crippen MR) is 51.1 cm³/mol. The minimum Gasteiger partial charge on any atom is -0.379 e. The second-order valence-corrected chi connectivity index (χ2v) is 4.15. The Labute approximate surface area is 76.1 Å². The van der Waals surface area contributed by atoms with Crippen molar-refractivity contribution >= 4 is 0 Å². The lowest BCUT2D eigenvalue weighted by Gasteiger charge is -2.37. The van der Waals surface area contributed by atoms with Crippen molar-refractivity contribution in [3.63, 3.8) is 0 Å². The van der Waals surface area contributed by atoms with Gasteiger partial charge in [0, 0.05) is 20.0 Å². The Balaban J connectivity index is 2.50. The van der Waals surface area contributed by atoms with Crippen molar-refractivity contribution in [2.24, 2.45) is 0 Å². The van der Waals surface area contributed by atoms with E-state index in [0.717, 1.165) is 12.6 Å².